The molecule has 0 aliphatic rings. The van der Waals surface area contributed by atoms with Crippen LogP contribution in [0.1, 0.15) is 12.6 Å². The third kappa shape index (κ3) is 7.88. The Bertz CT molecular complexity index is 436. The monoisotopic (exact) mass is 293 g/mol. The highest BCUT2D eigenvalue weighted by molar-refractivity contribution is 5.86. The molecule has 0 bridgehead atoms. The summed E-state index contributed by atoms with van der Waals surface area (Å²) in [5, 5.41) is 8.79. The number of guanidine groups is 1. The molecule has 0 saturated heterocycles. The van der Waals surface area contributed by atoms with E-state index in [0.29, 0.717) is 25.7 Å². The summed E-state index contributed by atoms with van der Waals surface area (Å²) in [6.07, 6.45) is 1.73. The van der Waals surface area contributed by atoms with Gasteiger partial charge in [-0.25, -0.2) is 4.99 Å². The zero-order valence-corrected chi connectivity index (χ0v) is 12.6. The van der Waals surface area contributed by atoms with Gasteiger partial charge in [-0.1, -0.05) is 6.07 Å². The molecule has 0 unspecified atom stereocenters. The Morgan fingerprint density at radius 2 is 2.19 bits per heavy atom. The highest BCUT2D eigenvalue weighted by Gasteiger charge is 2.03. The fourth-order valence-corrected chi connectivity index (χ4v) is 1.51. The number of amides is 1. The molecule has 0 aliphatic heterocycles. The zero-order chi connectivity index (χ0) is 15.3. The molecule has 0 radical (unpaired) electrons. The summed E-state index contributed by atoms with van der Waals surface area (Å²) in [6.45, 7) is 4.31. The number of aliphatic imine (C=N–C) groups is 1. The van der Waals surface area contributed by atoms with Crippen molar-refractivity contribution in [3.05, 3.63) is 30.1 Å². The Labute approximate surface area is 125 Å². The van der Waals surface area contributed by atoms with Crippen molar-refractivity contribution in [3.8, 4) is 0 Å². The van der Waals surface area contributed by atoms with Crippen molar-refractivity contribution < 1.29 is 9.53 Å². The van der Waals surface area contributed by atoms with Crippen LogP contribution in [0.4, 0.5) is 0 Å². The van der Waals surface area contributed by atoms with Crippen LogP contribution in [-0.4, -0.2) is 50.2 Å². The van der Waals surface area contributed by atoms with E-state index in [4.69, 9.17) is 4.74 Å². The first-order valence-electron chi connectivity index (χ1n) is 6.94. The second kappa shape index (κ2) is 10.6. The third-order valence-corrected chi connectivity index (χ3v) is 2.51. The summed E-state index contributed by atoms with van der Waals surface area (Å²) < 4.78 is 4.87. The minimum absolute atomic E-state index is 0.101. The number of ether oxygens (including phenoxy) is 1. The standard InChI is InChI=1S/C14H23N5O2/c1-3-15-14(18-10-12-6-4-5-7-16-12)19-11-13(20)17-8-9-21-2/h4-7H,3,8-11H2,1-2H3,(H,17,20)(H2,15,18,19). The predicted molar refractivity (Wildman–Crippen MR) is 81.9 cm³/mol. The molecule has 0 atom stereocenters. The Morgan fingerprint density at radius 1 is 1.33 bits per heavy atom. The number of rotatable bonds is 8. The molecule has 7 heteroatoms. The maximum Gasteiger partial charge on any atom is 0.239 e. The van der Waals surface area contributed by atoms with Crippen molar-refractivity contribution >= 4 is 11.9 Å². The molecule has 1 rings (SSSR count). The van der Waals surface area contributed by atoms with Crippen molar-refractivity contribution in [2.24, 2.45) is 4.99 Å². The van der Waals surface area contributed by atoms with Gasteiger partial charge < -0.3 is 20.7 Å². The molecule has 1 amide bonds. The van der Waals surface area contributed by atoms with Gasteiger partial charge in [0.2, 0.25) is 5.91 Å². The van der Waals surface area contributed by atoms with Crippen LogP contribution in [-0.2, 0) is 16.1 Å². The van der Waals surface area contributed by atoms with E-state index in [2.05, 4.69) is 25.9 Å². The second-order valence-corrected chi connectivity index (χ2v) is 4.21. The number of carbonyl (C=O) groups excluding carboxylic acids is 1. The summed E-state index contributed by atoms with van der Waals surface area (Å²) in [5.41, 5.74) is 0.874. The smallest absolute Gasteiger partial charge is 0.239 e. The second-order valence-electron chi connectivity index (χ2n) is 4.21. The van der Waals surface area contributed by atoms with E-state index in [1.54, 1.807) is 13.3 Å². The van der Waals surface area contributed by atoms with Crippen LogP contribution in [0.15, 0.2) is 29.4 Å². The van der Waals surface area contributed by atoms with Crippen LogP contribution in [0.3, 0.4) is 0 Å². The lowest BCUT2D eigenvalue weighted by molar-refractivity contribution is -0.120. The summed E-state index contributed by atoms with van der Waals surface area (Å²) >= 11 is 0. The number of pyridine rings is 1. The van der Waals surface area contributed by atoms with Gasteiger partial charge in [0.1, 0.15) is 0 Å². The van der Waals surface area contributed by atoms with Gasteiger partial charge in [-0.3, -0.25) is 9.78 Å². The van der Waals surface area contributed by atoms with E-state index in [1.807, 2.05) is 25.1 Å². The van der Waals surface area contributed by atoms with Crippen molar-refractivity contribution in [3.63, 3.8) is 0 Å². The number of methoxy groups -OCH3 is 1. The van der Waals surface area contributed by atoms with Gasteiger partial charge in [0.15, 0.2) is 5.96 Å². The van der Waals surface area contributed by atoms with E-state index < -0.39 is 0 Å². The van der Waals surface area contributed by atoms with Crippen molar-refractivity contribution in [1.82, 2.24) is 20.9 Å². The van der Waals surface area contributed by atoms with Crippen LogP contribution >= 0.6 is 0 Å². The SMILES string of the molecule is CCNC(=NCc1ccccn1)NCC(=O)NCCOC. The van der Waals surface area contributed by atoms with Gasteiger partial charge in [-0.2, -0.15) is 0 Å². The molecule has 0 aromatic carbocycles. The number of hydrogen-bond donors (Lipinski definition) is 3. The Balaban J connectivity index is 2.40. The first-order chi connectivity index (χ1) is 10.3. The maximum absolute atomic E-state index is 11.6. The average Bonchev–Trinajstić information content (AvgIpc) is 2.51. The molecule has 1 aromatic heterocycles. The van der Waals surface area contributed by atoms with Crippen molar-refractivity contribution in [2.75, 3.05) is 33.4 Å². The number of carbonyl (C=O) groups is 1. The highest BCUT2D eigenvalue weighted by atomic mass is 16.5. The lowest BCUT2D eigenvalue weighted by atomic mass is 10.3. The van der Waals surface area contributed by atoms with E-state index in [0.717, 1.165) is 12.2 Å². The summed E-state index contributed by atoms with van der Waals surface area (Å²) in [5.74, 6) is 0.487. The lowest BCUT2D eigenvalue weighted by Gasteiger charge is -2.11. The van der Waals surface area contributed by atoms with E-state index >= 15 is 0 Å². The van der Waals surface area contributed by atoms with E-state index in [-0.39, 0.29) is 12.5 Å². The van der Waals surface area contributed by atoms with Gasteiger partial charge in [-0.15, -0.1) is 0 Å². The van der Waals surface area contributed by atoms with E-state index in [1.165, 1.54) is 0 Å². The number of nitrogens with zero attached hydrogens (tertiary/aromatic N) is 2. The fourth-order valence-electron chi connectivity index (χ4n) is 1.51. The molecule has 0 spiro atoms. The third-order valence-electron chi connectivity index (χ3n) is 2.51. The van der Waals surface area contributed by atoms with Crippen molar-refractivity contribution in [2.45, 2.75) is 13.5 Å². The predicted octanol–water partition coefficient (Wildman–Crippen LogP) is -0.101. The zero-order valence-electron chi connectivity index (χ0n) is 12.6. The molecular weight excluding hydrogens is 270 g/mol. The van der Waals surface area contributed by atoms with Crippen LogP contribution < -0.4 is 16.0 Å². The molecule has 1 aromatic rings. The van der Waals surface area contributed by atoms with Crippen molar-refractivity contribution in [1.29, 1.82) is 0 Å². The molecule has 0 aliphatic carbocycles. The highest BCUT2D eigenvalue weighted by Crippen LogP contribution is 1.95. The molecule has 0 fully saturated rings. The van der Waals surface area contributed by atoms with Gasteiger partial charge in [0.05, 0.1) is 25.4 Å². The minimum Gasteiger partial charge on any atom is -0.383 e. The molecule has 21 heavy (non-hydrogen) atoms. The summed E-state index contributed by atoms with van der Waals surface area (Å²) in [4.78, 5) is 20.2. The topological polar surface area (TPSA) is 87.6 Å². The Hall–Kier alpha value is -2.15. The number of aromatic nitrogens is 1. The lowest BCUT2D eigenvalue weighted by Crippen LogP contribution is -2.43. The van der Waals surface area contributed by atoms with Crippen LogP contribution in [0.25, 0.3) is 0 Å². The number of nitrogens with one attached hydrogen (secondary N) is 3. The first kappa shape index (κ1) is 16.9. The molecule has 7 nitrogen and oxygen atoms in total. The van der Waals surface area contributed by atoms with E-state index in [9.17, 15) is 4.79 Å². The Morgan fingerprint density at radius 3 is 2.86 bits per heavy atom. The van der Waals surface area contributed by atoms with Gasteiger partial charge in [0, 0.05) is 26.4 Å². The molecule has 1 heterocycles. The molecule has 3 N–H and O–H groups in total. The summed E-state index contributed by atoms with van der Waals surface area (Å²) in [7, 11) is 1.60. The average molecular weight is 293 g/mol. The first-order valence-corrected chi connectivity index (χ1v) is 6.94. The van der Waals surface area contributed by atoms with Crippen LogP contribution in [0, 0.1) is 0 Å². The minimum atomic E-state index is -0.101. The molecule has 116 valence electrons. The van der Waals surface area contributed by atoms with Crippen LogP contribution in [0.5, 0.6) is 0 Å². The summed E-state index contributed by atoms with van der Waals surface area (Å²) in [6, 6.07) is 5.69. The fraction of sp³-hybridized carbons (Fsp3) is 0.500. The van der Waals surface area contributed by atoms with Crippen LogP contribution in [0.2, 0.25) is 0 Å². The van der Waals surface area contributed by atoms with Gasteiger partial charge in [-0.05, 0) is 19.1 Å². The molecular formula is C14H23N5O2. The largest absolute Gasteiger partial charge is 0.383 e. The Kier molecular flexibility index (Phi) is 8.54. The van der Waals surface area contributed by atoms with Gasteiger partial charge in [0.25, 0.3) is 0 Å². The molecule has 0 saturated carbocycles. The number of hydrogen-bond acceptors (Lipinski definition) is 4. The maximum atomic E-state index is 11.6. The normalized spacial score (nSPS) is 11.0. The van der Waals surface area contributed by atoms with Gasteiger partial charge >= 0.3 is 0 Å². The quantitative estimate of drug-likeness (QED) is 0.354.